The van der Waals surface area contributed by atoms with Crippen LogP contribution in [0.1, 0.15) is 52.4 Å². The average molecular weight is 378 g/mol. The summed E-state index contributed by atoms with van der Waals surface area (Å²) in [5, 5.41) is 0. The number of hydrogen-bond donors (Lipinski definition) is 0. The Morgan fingerprint density at radius 1 is 0.815 bits per heavy atom. The summed E-state index contributed by atoms with van der Waals surface area (Å²) in [6.45, 7) is 11.2. The van der Waals surface area contributed by atoms with E-state index in [1.165, 1.54) is 0 Å². The van der Waals surface area contributed by atoms with E-state index in [1.807, 2.05) is 0 Å². The van der Waals surface area contributed by atoms with Crippen molar-refractivity contribution in [3.05, 3.63) is 25.0 Å². The van der Waals surface area contributed by atoms with Gasteiger partial charge in [0.15, 0.2) is 0 Å². The number of epoxide rings is 2. The molecule has 0 amide bonds. The number of esters is 2. The first kappa shape index (κ1) is 18.5. The Bertz CT molecular complexity index is 642. The zero-order valence-electron chi connectivity index (χ0n) is 15.8. The molecule has 0 aromatic rings. The van der Waals surface area contributed by atoms with Gasteiger partial charge in [-0.15, -0.1) is 0 Å². The predicted octanol–water partition coefficient (Wildman–Crippen LogP) is 2.95. The molecular weight excluding hydrogens is 352 g/mol. The van der Waals surface area contributed by atoms with Crippen LogP contribution in [0.15, 0.2) is 25.0 Å². The molecule has 2 aliphatic carbocycles. The van der Waals surface area contributed by atoms with Crippen molar-refractivity contribution in [2.24, 2.45) is 11.8 Å². The minimum atomic E-state index is -0.408. The highest BCUT2D eigenvalue weighted by Crippen LogP contribution is 2.50. The summed E-state index contributed by atoms with van der Waals surface area (Å²) in [5.41, 5.74) is -0.121. The zero-order valence-corrected chi connectivity index (χ0v) is 15.8. The minimum Gasteiger partial charge on any atom is -0.393 e. The van der Waals surface area contributed by atoms with Gasteiger partial charge in [-0.05, 0) is 65.5 Å². The molecule has 148 valence electrons. The van der Waals surface area contributed by atoms with Crippen LogP contribution in [0.5, 0.6) is 0 Å². The lowest BCUT2D eigenvalue weighted by molar-refractivity contribution is -0.156. The Morgan fingerprint density at radius 3 is 1.59 bits per heavy atom. The van der Waals surface area contributed by atoms with Crippen LogP contribution in [0.4, 0.5) is 0 Å². The molecule has 2 heterocycles. The SMILES string of the molecule is C=C(OC(=C)OC(=O)C1CCC2(C)OC2C1)OC(=O)C1CCC2(C)OC2C1. The Hall–Kier alpha value is -1.86. The molecule has 4 fully saturated rings. The Labute approximate surface area is 158 Å². The second kappa shape index (κ2) is 6.34. The van der Waals surface area contributed by atoms with Crippen LogP contribution in [0.3, 0.4) is 0 Å². The summed E-state index contributed by atoms with van der Waals surface area (Å²) in [5.74, 6) is -1.79. The molecule has 7 nitrogen and oxygen atoms in total. The van der Waals surface area contributed by atoms with Gasteiger partial charge in [0, 0.05) is 0 Å². The topological polar surface area (TPSA) is 86.9 Å². The van der Waals surface area contributed by atoms with Crippen molar-refractivity contribution in [1.82, 2.24) is 0 Å². The maximum Gasteiger partial charge on any atom is 0.316 e. The van der Waals surface area contributed by atoms with Gasteiger partial charge in [0.05, 0.1) is 35.2 Å². The summed E-state index contributed by atoms with van der Waals surface area (Å²) in [6, 6.07) is 0. The average Bonchev–Trinajstić information content (AvgIpc) is 3.45. The van der Waals surface area contributed by atoms with Crippen LogP contribution < -0.4 is 0 Å². The fourth-order valence-corrected chi connectivity index (χ4v) is 4.28. The Kier molecular flexibility index (Phi) is 4.35. The first-order valence-corrected chi connectivity index (χ1v) is 9.53. The van der Waals surface area contributed by atoms with Crippen LogP contribution in [0, 0.1) is 11.8 Å². The standard InChI is InChI=1S/C20H26O7/c1-11(24-17(21)13-5-7-19(3)15(9-13)26-19)23-12(2)25-18(22)14-6-8-20(4)16(10-14)27-20/h13-16H,1-2,5-10H2,3-4H3. The molecule has 4 aliphatic rings. The van der Waals surface area contributed by atoms with Gasteiger partial charge in [0.2, 0.25) is 0 Å². The van der Waals surface area contributed by atoms with Crippen molar-refractivity contribution in [1.29, 1.82) is 0 Å². The van der Waals surface area contributed by atoms with Gasteiger partial charge in [-0.3, -0.25) is 9.59 Å². The van der Waals surface area contributed by atoms with E-state index in [-0.39, 0.29) is 47.1 Å². The number of carbonyl (C=O) groups excluding carboxylic acids is 2. The molecule has 7 heteroatoms. The van der Waals surface area contributed by atoms with E-state index in [2.05, 4.69) is 27.0 Å². The fourth-order valence-electron chi connectivity index (χ4n) is 4.28. The molecule has 27 heavy (non-hydrogen) atoms. The van der Waals surface area contributed by atoms with Gasteiger partial charge in [-0.25, -0.2) is 0 Å². The highest BCUT2D eigenvalue weighted by atomic mass is 16.8. The molecule has 2 saturated heterocycles. The van der Waals surface area contributed by atoms with Crippen LogP contribution in [0.25, 0.3) is 0 Å². The molecule has 6 unspecified atom stereocenters. The highest BCUT2D eigenvalue weighted by Gasteiger charge is 2.57. The monoisotopic (exact) mass is 378 g/mol. The van der Waals surface area contributed by atoms with Crippen LogP contribution in [-0.4, -0.2) is 35.3 Å². The molecule has 0 bridgehead atoms. The van der Waals surface area contributed by atoms with Crippen LogP contribution in [-0.2, 0) is 33.3 Å². The summed E-state index contributed by atoms with van der Waals surface area (Å²) < 4.78 is 26.6. The van der Waals surface area contributed by atoms with E-state index in [1.54, 1.807) is 0 Å². The number of fused-ring (bicyclic) bond motifs is 2. The van der Waals surface area contributed by atoms with Gasteiger partial charge < -0.3 is 23.7 Å². The normalized spacial score (nSPS) is 41.4. The molecule has 6 atom stereocenters. The molecule has 0 spiro atoms. The van der Waals surface area contributed by atoms with Crippen molar-refractivity contribution >= 4 is 11.9 Å². The summed E-state index contributed by atoms with van der Waals surface area (Å²) in [6.07, 6.45) is 4.62. The van der Waals surface area contributed by atoms with E-state index in [0.29, 0.717) is 25.7 Å². The number of ether oxygens (including phenoxy) is 5. The van der Waals surface area contributed by atoms with E-state index in [4.69, 9.17) is 23.7 Å². The maximum absolute atomic E-state index is 12.2. The van der Waals surface area contributed by atoms with Gasteiger partial charge in [-0.1, -0.05) is 0 Å². The van der Waals surface area contributed by atoms with Crippen LogP contribution in [0.2, 0.25) is 0 Å². The zero-order chi connectivity index (χ0) is 19.4. The number of rotatable bonds is 6. The van der Waals surface area contributed by atoms with E-state index in [0.717, 1.165) is 12.8 Å². The smallest absolute Gasteiger partial charge is 0.316 e. The lowest BCUT2D eigenvalue weighted by Crippen LogP contribution is -2.28. The lowest BCUT2D eigenvalue weighted by atomic mass is 9.83. The lowest BCUT2D eigenvalue weighted by Gasteiger charge is -2.22. The molecule has 2 saturated carbocycles. The molecule has 0 aromatic carbocycles. The highest BCUT2D eigenvalue weighted by molar-refractivity contribution is 5.74. The maximum atomic E-state index is 12.2. The molecule has 0 N–H and O–H groups in total. The second-order valence-electron chi connectivity index (χ2n) is 8.47. The second-order valence-corrected chi connectivity index (χ2v) is 8.47. The Balaban J connectivity index is 1.18. The third kappa shape index (κ3) is 3.75. The number of hydrogen-bond acceptors (Lipinski definition) is 7. The summed E-state index contributed by atoms with van der Waals surface area (Å²) >= 11 is 0. The van der Waals surface area contributed by atoms with Gasteiger partial charge in [-0.2, -0.15) is 0 Å². The number of carbonyl (C=O) groups is 2. The van der Waals surface area contributed by atoms with E-state index in [9.17, 15) is 9.59 Å². The van der Waals surface area contributed by atoms with Gasteiger partial charge in [0.1, 0.15) is 0 Å². The van der Waals surface area contributed by atoms with Crippen LogP contribution >= 0.6 is 0 Å². The van der Waals surface area contributed by atoms with Crippen molar-refractivity contribution in [2.45, 2.75) is 75.8 Å². The van der Waals surface area contributed by atoms with E-state index < -0.39 is 11.9 Å². The third-order valence-corrected chi connectivity index (χ3v) is 6.37. The molecule has 2 aliphatic heterocycles. The molecule has 4 rings (SSSR count). The molecule has 0 aromatic heterocycles. The molecular formula is C20H26O7. The minimum absolute atomic E-state index is 0.0607. The van der Waals surface area contributed by atoms with E-state index >= 15 is 0 Å². The predicted molar refractivity (Wildman–Crippen MR) is 92.8 cm³/mol. The Morgan fingerprint density at radius 2 is 1.22 bits per heavy atom. The van der Waals surface area contributed by atoms with Crippen molar-refractivity contribution in [3.63, 3.8) is 0 Å². The third-order valence-electron chi connectivity index (χ3n) is 6.37. The first-order chi connectivity index (χ1) is 12.7. The largest absolute Gasteiger partial charge is 0.393 e. The fraction of sp³-hybridized carbons (Fsp3) is 0.700. The quantitative estimate of drug-likeness (QED) is 0.399. The van der Waals surface area contributed by atoms with Crippen molar-refractivity contribution < 1.29 is 33.3 Å². The summed E-state index contributed by atoms with van der Waals surface area (Å²) in [7, 11) is 0. The molecule has 0 radical (unpaired) electrons. The van der Waals surface area contributed by atoms with Gasteiger partial charge >= 0.3 is 11.9 Å². The summed E-state index contributed by atoms with van der Waals surface area (Å²) in [4.78, 5) is 24.5. The first-order valence-electron chi connectivity index (χ1n) is 9.53. The van der Waals surface area contributed by atoms with Crippen molar-refractivity contribution in [2.75, 3.05) is 0 Å². The van der Waals surface area contributed by atoms with Crippen molar-refractivity contribution in [3.8, 4) is 0 Å². The van der Waals surface area contributed by atoms with Gasteiger partial charge in [0.25, 0.3) is 11.9 Å².